The van der Waals surface area contributed by atoms with Gasteiger partial charge in [0.1, 0.15) is 11.6 Å². The van der Waals surface area contributed by atoms with Crippen molar-refractivity contribution in [1.82, 2.24) is 9.88 Å². The van der Waals surface area contributed by atoms with Gasteiger partial charge in [0.05, 0.1) is 5.56 Å². The summed E-state index contributed by atoms with van der Waals surface area (Å²) >= 11 is 0. The molecule has 2 aromatic carbocycles. The molecule has 152 valence electrons. The molecule has 1 amide bonds. The van der Waals surface area contributed by atoms with Gasteiger partial charge in [0.15, 0.2) is 5.58 Å². The molecule has 0 aliphatic carbocycles. The fourth-order valence-corrected chi connectivity index (χ4v) is 3.92. The largest absolute Gasteiger partial charge is 0.438 e. The van der Waals surface area contributed by atoms with E-state index in [1.54, 1.807) is 29.2 Å². The zero-order valence-corrected chi connectivity index (χ0v) is 16.0. The van der Waals surface area contributed by atoms with Crippen LogP contribution in [0.5, 0.6) is 0 Å². The molecule has 1 atom stereocenters. The minimum atomic E-state index is -4.44. The summed E-state index contributed by atoms with van der Waals surface area (Å²) in [7, 11) is 0. The maximum absolute atomic E-state index is 13.4. The van der Waals surface area contributed by atoms with Gasteiger partial charge in [-0.05, 0) is 48.6 Å². The van der Waals surface area contributed by atoms with Crippen molar-refractivity contribution in [2.45, 2.75) is 44.8 Å². The summed E-state index contributed by atoms with van der Waals surface area (Å²) in [5.74, 6) is 0.528. The predicted octanol–water partition coefficient (Wildman–Crippen LogP) is 5.98. The van der Waals surface area contributed by atoms with Gasteiger partial charge in [0.25, 0.3) is 0 Å². The van der Waals surface area contributed by atoms with Crippen LogP contribution in [-0.2, 0) is 11.0 Å². The third kappa shape index (κ3) is 3.73. The summed E-state index contributed by atoms with van der Waals surface area (Å²) in [4.78, 5) is 18.7. The number of oxazole rings is 1. The zero-order valence-electron chi connectivity index (χ0n) is 16.0. The Labute approximate surface area is 166 Å². The third-order valence-corrected chi connectivity index (χ3v) is 5.27. The van der Waals surface area contributed by atoms with E-state index in [4.69, 9.17) is 4.42 Å². The zero-order chi connectivity index (χ0) is 20.6. The van der Waals surface area contributed by atoms with E-state index in [0.29, 0.717) is 35.5 Å². The van der Waals surface area contributed by atoms with Gasteiger partial charge in [-0.2, -0.15) is 13.2 Å². The number of alkyl halides is 3. The van der Waals surface area contributed by atoms with Crippen LogP contribution in [-0.4, -0.2) is 22.3 Å². The van der Waals surface area contributed by atoms with Gasteiger partial charge < -0.3 is 9.32 Å². The number of hydrogen-bond donors (Lipinski definition) is 0. The average molecular weight is 402 g/mol. The van der Waals surface area contributed by atoms with Gasteiger partial charge in [0.2, 0.25) is 11.8 Å². The molecule has 3 aromatic rings. The lowest BCUT2D eigenvalue weighted by Crippen LogP contribution is -2.30. The van der Waals surface area contributed by atoms with E-state index in [-0.39, 0.29) is 17.5 Å². The number of benzene rings is 2. The second kappa shape index (κ2) is 7.54. The van der Waals surface area contributed by atoms with Gasteiger partial charge in [-0.1, -0.05) is 31.2 Å². The molecule has 0 N–H and O–H groups in total. The smallest absolute Gasteiger partial charge is 0.417 e. The summed E-state index contributed by atoms with van der Waals surface area (Å²) in [6, 6.07) is 10.1. The monoisotopic (exact) mass is 402 g/mol. The number of fused-ring (bicyclic) bond motifs is 1. The molecule has 1 aliphatic heterocycles. The molecular weight excluding hydrogens is 381 g/mol. The van der Waals surface area contributed by atoms with Crippen molar-refractivity contribution < 1.29 is 22.4 Å². The highest BCUT2D eigenvalue weighted by Gasteiger charge is 2.34. The van der Waals surface area contributed by atoms with Crippen LogP contribution in [0.1, 0.15) is 50.1 Å². The minimum Gasteiger partial charge on any atom is -0.438 e. The molecule has 0 spiro atoms. The normalized spacial score (nSPS) is 17.2. The van der Waals surface area contributed by atoms with Crippen molar-refractivity contribution in [3.63, 3.8) is 0 Å². The molecule has 1 saturated heterocycles. The van der Waals surface area contributed by atoms with E-state index < -0.39 is 11.7 Å². The number of hydrogen-bond acceptors (Lipinski definition) is 3. The van der Waals surface area contributed by atoms with E-state index in [9.17, 15) is 18.0 Å². The van der Waals surface area contributed by atoms with Crippen molar-refractivity contribution in [1.29, 1.82) is 0 Å². The number of amides is 1. The predicted molar refractivity (Wildman–Crippen MR) is 103 cm³/mol. The van der Waals surface area contributed by atoms with Crippen LogP contribution in [0.4, 0.5) is 13.2 Å². The van der Waals surface area contributed by atoms with Crippen LogP contribution in [0.15, 0.2) is 46.9 Å². The molecular formula is C22H21F3N2O2. The molecule has 2 heterocycles. The number of carbonyl (C=O) groups is 1. The minimum absolute atomic E-state index is 0.0806. The Morgan fingerprint density at radius 3 is 2.79 bits per heavy atom. The number of likely N-dealkylation sites (tertiary alicyclic amines) is 1. The molecule has 0 radical (unpaired) electrons. The van der Waals surface area contributed by atoms with Crippen LogP contribution in [0, 0.1) is 0 Å². The van der Waals surface area contributed by atoms with E-state index in [0.717, 1.165) is 25.3 Å². The third-order valence-electron chi connectivity index (χ3n) is 5.27. The van der Waals surface area contributed by atoms with Gasteiger partial charge in [-0.3, -0.25) is 4.79 Å². The average Bonchev–Trinajstić information content (AvgIpc) is 3.33. The molecule has 1 aromatic heterocycles. The first-order chi connectivity index (χ1) is 13.9. The van der Waals surface area contributed by atoms with Crippen molar-refractivity contribution in [2.75, 3.05) is 6.54 Å². The first-order valence-electron chi connectivity index (χ1n) is 9.75. The van der Waals surface area contributed by atoms with Gasteiger partial charge in [0, 0.05) is 13.0 Å². The molecule has 0 unspecified atom stereocenters. The number of halogens is 3. The Bertz CT molecular complexity index is 1040. The van der Waals surface area contributed by atoms with Crippen LogP contribution >= 0.6 is 0 Å². The highest BCUT2D eigenvalue weighted by atomic mass is 19.4. The fraction of sp³-hybridized carbons (Fsp3) is 0.364. The summed E-state index contributed by atoms with van der Waals surface area (Å²) in [5.41, 5.74) is 0.838. The van der Waals surface area contributed by atoms with Gasteiger partial charge in [-0.15, -0.1) is 0 Å². The first kappa shape index (κ1) is 19.5. The second-order valence-electron chi connectivity index (χ2n) is 7.27. The lowest BCUT2D eigenvalue weighted by molar-refractivity contribution is -0.137. The highest BCUT2D eigenvalue weighted by Crippen LogP contribution is 2.39. The van der Waals surface area contributed by atoms with Crippen molar-refractivity contribution >= 4 is 17.0 Å². The maximum atomic E-state index is 13.4. The molecule has 1 fully saturated rings. The lowest BCUT2D eigenvalue weighted by atomic mass is 9.99. The summed E-state index contributed by atoms with van der Waals surface area (Å²) < 4.78 is 46.0. The number of nitrogens with zero attached hydrogens (tertiary/aromatic N) is 2. The molecule has 7 heteroatoms. The Kier molecular flexibility index (Phi) is 5.06. The molecule has 4 nitrogen and oxygen atoms in total. The molecule has 29 heavy (non-hydrogen) atoms. The Balaban J connectivity index is 1.70. The standard InChI is InChI=1S/C22H21F3N2O2/c1-2-6-20(28)27-12-5-9-18(27)21-26-17-13-14(10-11-19(17)29-21)15-7-3-4-8-16(15)22(23,24)25/h3-4,7-8,10-11,13,18H,2,5-6,9,12H2,1H3/t18-/m1/s1. The highest BCUT2D eigenvalue weighted by molar-refractivity contribution is 5.82. The Morgan fingerprint density at radius 1 is 1.24 bits per heavy atom. The lowest BCUT2D eigenvalue weighted by Gasteiger charge is -2.21. The van der Waals surface area contributed by atoms with Crippen molar-refractivity contribution in [2.24, 2.45) is 0 Å². The van der Waals surface area contributed by atoms with Crippen LogP contribution in [0.25, 0.3) is 22.2 Å². The number of rotatable bonds is 4. The van der Waals surface area contributed by atoms with E-state index >= 15 is 0 Å². The Morgan fingerprint density at radius 2 is 2.03 bits per heavy atom. The van der Waals surface area contributed by atoms with Crippen LogP contribution in [0.3, 0.4) is 0 Å². The Hall–Kier alpha value is -2.83. The summed E-state index contributed by atoms with van der Waals surface area (Å²) in [5, 5.41) is 0. The maximum Gasteiger partial charge on any atom is 0.417 e. The molecule has 0 bridgehead atoms. The van der Waals surface area contributed by atoms with Crippen molar-refractivity contribution in [3.8, 4) is 11.1 Å². The quantitative estimate of drug-likeness (QED) is 0.540. The fourth-order valence-electron chi connectivity index (χ4n) is 3.92. The molecule has 4 rings (SSSR count). The summed E-state index contributed by atoms with van der Waals surface area (Å²) in [6.45, 7) is 2.63. The van der Waals surface area contributed by atoms with Crippen LogP contribution in [0.2, 0.25) is 0 Å². The first-order valence-corrected chi connectivity index (χ1v) is 9.75. The van der Waals surface area contributed by atoms with Crippen molar-refractivity contribution in [3.05, 3.63) is 53.9 Å². The molecule has 0 saturated carbocycles. The van der Waals surface area contributed by atoms with E-state index in [1.165, 1.54) is 12.1 Å². The van der Waals surface area contributed by atoms with Crippen LogP contribution < -0.4 is 0 Å². The SMILES string of the molecule is CCCC(=O)N1CCC[C@@H]1c1nc2cc(-c3ccccc3C(F)(F)F)ccc2o1. The number of aromatic nitrogens is 1. The van der Waals surface area contributed by atoms with E-state index in [2.05, 4.69) is 4.98 Å². The number of carbonyl (C=O) groups excluding carboxylic acids is 1. The summed E-state index contributed by atoms with van der Waals surface area (Å²) in [6.07, 6.45) is -1.54. The van der Waals surface area contributed by atoms with Gasteiger partial charge >= 0.3 is 6.18 Å². The molecule has 1 aliphatic rings. The second-order valence-corrected chi connectivity index (χ2v) is 7.27. The topological polar surface area (TPSA) is 46.3 Å². The van der Waals surface area contributed by atoms with E-state index in [1.807, 2.05) is 6.92 Å². The van der Waals surface area contributed by atoms with Gasteiger partial charge in [-0.25, -0.2) is 4.98 Å².